The number of likely N-dealkylation sites (N-methyl/N-ethyl adjacent to an activating group) is 1. The highest BCUT2D eigenvalue weighted by molar-refractivity contribution is 5.86. The normalized spacial score (nSPS) is 11.4. The molecule has 0 bridgehead atoms. The Labute approximate surface area is 133 Å². The van der Waals surface area contributed by atoms with E-state index in [1.807, 2.05) is 42.2 Å². The fourth-order valence-corrected chi connectivity index (χ4v) is 1.97. The SMILES string of the molecule is CCN(Cc1ccccc1)C(=O)CNC(=NC)NCC(C)C. The van der Waals surface area contributed by atoms with Crippen LogP contribution in [0.1, 0.15) is 26.3 Å². The van der Waals surface area contributed by atoms with Gasteiger partial charge in [0.05, 0.1) is 6.54 Å². The van der Waals surface area contributed by atoms with E-state index in [4.69, 9.17) is 0 Å². The molecule has 1 aromatic carbocycles. The maximum Gasteiger partial charge on any atom is 0.242 e. The first kappa shape index (κ1) is 18.0. The third-order valence-corrected chi connectivity index (χ3v) is 3.26. The molecule has 5 heteroatoms. The molecule has 1 amide bonds. The first-order chi connectivity index (χ1) is 10.6. The van der Waals surface area contributed by atoms with E-state index >= 15 is 0 Å². The van der Waals surface area contributed by atoms with Crippen molar-refractivity contribution in [2.75, 3.05) is 26.7 Å². The van der Waals surface area contributed by atoms with Gasteiger partial charge in [-0.15, -0.1) is 0 Å². The summed E-state index contributed by atoms with van der Waals surface area (Å²) in [5.41, 5.74) is 1.14. The average Bonchev–Trinajstić information content (AvgIpc) is 2.53. The zero-order chi connectivity index (χ0) is 16.4. The number of nitrogens with zero attached hydrogens (tertiary/aromatic N) is 2. The Morgan fingerprint density at radius 1 is 1.23 bits per heavy atom. The monoisotopic (exact) mass is 304 g/mol. The number of guanidine groups is 1. The van der Waals surface area contributed by atoms with Crippen molar-refractivity contribution >= 4 is 11.9 Å². The molecule has 0 aromatic heterocycles. The number of rotatable bonds is 7. The minimum Gasteiger partial charge on any atom is -0.356 e. The topological polar surface area (TPSA) is 56.7 Å². The fourth-order valence-electron chi connectivity index (χ4n) is 1.97. The van der Waals surface area contributed by atoms with E-state index < -0.39 is 0 Å². The molecule has 22 heavy (non-hydrogen) atoms. The van der Waals surface area contributed by atoms with Gasteiger partial charge in [0.25, 0.3) is 0 Å². The van der Waals surface area contributed by atoms with Gasteiger partial charge >= 0.3 is 0 Å². The van der Waals surface area contributed by atoms with E-state index in [0.717, 1.165) is 12.1 Å². The van der Waals surface area contributed by atoms with Crippen molar-refractivity contribution in [3.63, 3.8) is 0 Å². The minimum absolute atomic E-state index is 0.0684. The van der Waals surface area contributed by atoms with E-state index in [1.54, 1.807) is 7.05 Å². The van der Waals surface area contributed by atoms with Crippen LogP contribution in [0, 0.1) is 5.92 Å². The highest BCUT2D eigenvalue weighted by Gasteiger charge is 2.12. The lowest BCUT2D eigenvalue weighted by atomic mass is 10.2. The van der Waals surface area contributed by atoms with Crippen molar-refractivity contribution in [1.29, 1.82) is 0 Å². The molecule has 0 atom stereocenters. The van der Waals surface area contributed by atoms with E-state index in [9.17, 15) is 4.79 Å². The second kappa shape index (κ2) is 9.82. The van der Waals surface area contributed by atoms with Gasteiger partial charge in [-0.3, -0.25) is 9.79 Å². The van der Waals surface area contributed by atoms with Crippen molar-refractivity contribution < 1.29 is 4.79 Å². The Hall–Kier alpha value is -2.04. The molecule has 0 saturated heterocycles. The van der Waals surface area contributed by atoms with Crippen molar-refractivity contribution in [3.05, 3.63) is 35.9 Å². The summed E-state index contributed by atoms with van der Waals surface area (Å²) in [4.78, 5) is 18.3. The zero-order valence-corrected chi connectivity index (χ0v) is 14.1. The van der Waals surface area contributed by atoms with Gasteiger partial charge in [-0.1, -0.05) is 44.2 Å². The molecule has 0 saturated carbocycles. The summed E-state index contributed by atoms with van der Waals surface area (Å²) >= 11 is 0. The van der Waals surface area contributed by atoms with Gasteiger partial charge in [0.2, 0.25) is 5.91 Å². The van der Waals surface area contributed by atoms with Crippen LogP contribution in [0.15, 0.2) is 35.3 Å². The number of hydrogen-bond donors (Lipinski definition) is 2. The second-order valence-electron chi connectivity index (χ2n) is 5.59. The fraction of sp³-hybridized carbons (Fsp3) is 0.529. The summed E-state index contributed by atoms with van der Waals surface area (Å²) in [6, 6.07) is 10.0. The first-order valence-corrected chi connectivity index (χ1v) is 7.83. The van der Waals surface area contributed by atoms with Crippen molar-refractivity contribution in [3.8, 4) is 0 Å². The van der Waals surface area contributed by atoms with Gasteiger partial charge in [0.1, 0.15) is 0 Å². The van der Waals surface area contributed by atoms with Gasteiger partial charge in [0.15, 0.2) is 5.96 Å². The summed E-state index contributed by atoms with van der Waals surface area (Å²) < 4.78 is 0. The van der Waals surface area contributed by atoms with E-state index in [1.165, 1.54) is 0 Å². The largest absolute Gasteiger partial charge is 0.356 e. The highest BCUT2D eigenvalue weighted by Crippen LogP contribution is 2.04. The van der Waals surface area contributed by atoms with E-state index in [2.05, 4.69) is 29.5 Å². The lowest BCUT2D eigenvalue weighted by molar-refractivity contribution is -0.130. The third-order valence-electron chi connectivity index (χ3n) is 3.26. The van der Waals surface area contributed by atoms with Crippen molar-refractivity contribution in [1.82, 2.24) is 15.5 Å². The second-order valence-corrected chi connectivity index (χ2v) is 5.59. The van der Waals surface area contributed by atoms with Crippen LogP contribution in [0.5, 0.6) is 0 Å². The first-order valence-electron chi connectivity index (χ1n) is 7.83. The van der Waals surface area contributed by atoms with Gasteiger partial charge in [-0.25, -0.2) is 0 Å². The number of hydrogen-bond acceptors (Lipinski definition) is 2. The molecular weight excluding hydrogens is 276 g/mol. The maximum atomic E-state index is 12.3. The third kappa shape index (κ3) is 6.61. The average molecular weight is 304 g/mol. The maximum absolute atomic E-state index is 12.3. The molecule has 0 unspecified atom stereocenters. The number of carbonyl (C=O) groups excluding carboxylic acids is 1. The Morgan fingerprint density at radius 2 is 1.91 bits per heavy atom. The molecule has 122 valence electrons. The van der Waals surface area contributed by atoms with Gasteiger partial charge < -0.3 is 15.5 Å². The van der Waals surface area contributed by atoms with Crippen molar-refractivity contribution in [2.24, 2.45) is 10.9 Å². The minimum atomic E-state index is 0.0684. The van der Waals surface area contributed by atoms with Gasteiger partial charge in [0, 0.05) is 26.7 Å². The molecule has 0 spiro atoms. The van der Waals surface area contributed by atoms with Crippen molar-refractivity contribution in [2.45, 2.75) is 27.3 Å². The van der Waals surface area contributed by atoms with E-state index in [0.29, 0.717) is 25.0 Å². The smallest absolute Gasteiger partial charge is 0.242 e. The number of amides is 1. The Morgan fingerprint density at radius 3 is 2.45 bits per heavy atom. The standard InChI is InChI=1S/C17H28N4O/c1-5-21(13-15-9-7-6-8-10-15)16(22)12-20-17(18-4)19-11-14(2)3/h6-10,14H,5,11-13H2,1-4H3,(H2,18,19,20). The van der Waals surface area contributed by atoms with Crippen LogP contribution in [0.25, 0.3) is 0 Å². The highest BCUT2D eigenvalue weighted by atomic mass is 16.2. The van der Waals surface area contributed by atoms with Crippen LogP contribution in [-0.4, -0.2) is 43.4 Å². The predicted molar refractivity (Wildman–Crippen MR) is 91.7 cm³/mol. The molecule has 1 rings (SSSR count). The molecule has 2 N–H and O–H groups in total. The lowest BCUT2D eigenvalue weighted by Gasteiger charge is -2.22. The molecule has 0 radical (unpaired) electrons. The Kier molecular flexibility index (Phi) is 8.04. The Balaban J connectivity index is 2.47. The number of benzene rings is 1. The molecule has 0 aliphatic carbocycles. The summed E-state index contributed by atoms with van der Waals surface area (Å²) in [5.74, 6) is 1.26. The molecule has 5 nitrogen and oxygen atoms in total. The quantitative estimate of drug-likeness (QED) is 0.597. The number of nitrogens with one attached hydrogen (secondary N) is 2. The van der Waals surface area contributed by atoms with E-state index in [-0.39, 0.29) is 12.5 Å². The number of aliphatic imine (C=N–C) groups is 1. The van der Waals surface area contributed by atoms with Crippen LogP contribution in [0.2, 0.25) is 0 Å². The van der Waals surface area contributed by atoms with Gasteiger partial charge in [-0.05, 0) is 18.4 Å². The molecule has 0 aliphatic heterocycles. The van der Waals surface area contributed by atoms with Gasteiger partial charge in [-0.2, -0.15) is 0 Å². The molecule has 1 aromatic rings. The molecule has 0 fully saturated rings. The Bertz CT molecular complexity index is 471. The zero-order valence-electron chi connectivity index (χ0n) is 14.1. The summed E-state index contributed by atoms with van der Waals surface area (Å²) in [5, 5.41) is 6.27. The molecule has 0 aliphatic rings. The van der Waals surface area contributed by atoms with Crippen LogP contribution < -0.4 is 10.6 Å². The molecule has 0 heterocycles. The van der Waals surface area contributed by atoms with Crippen LogP contribution in [0.4, 0.5) is 0 Å². The lowest BCUT2D eigenvalue weighted by Crippen LogP contribution is -2.45. The molecular formula is C17H28N4O. The summed E-state index contributed by atoms with van der Waals surface area (Å²) in [7, 11) is 1.71. The number of carbonyl (C=O) groups is 1. The summed E-state index contributed by atoms with van der Waals surface area (Å²) in [6.45, 7) is 8.65. The van der Waals surface area contributed by atoms with Crippen LogP contribution >= 0.6 is 0 Å². The predicted octanol–water partition coefficient (Wildman–Crippen LogP) is 1.86. The van der Waals surface area contributed by atoms with Crippen LogP contribution in [0.3, 0.4) is 0 Å². The summed E-state index contributed by atoms with van der Waals surface area (Å²) in [6.07, 6.45) is 0. The van der Waals surface area contributed by atoms with Crippen LogP contribution in [-0.2, 0) is 11.3 Å².